The van der Waals surface area contributed by atoms with Crippen LogP contribution in [0.2, 0.25) is 5.02 Å². The fourth-order valence-electron chi connectivity index (χ4n) is 3.43. The molecule has 6 heteroatoms. The molecule has 25 heavy (non-hydrogen) atoms. The second-order valence-corrected chi connectivity index (χ2v) is 6.36. The van der Waals surface area contributed by atoms with Crippen molar-refractivity contribution in [1.29, 1.82) is 0 Å². The molecule has 0 aliphatic carbocycles. The quantitative estimate of drug-likeness (QED) is 0.747. The summed E-state index contributed by atoms with van der Waals surface area (Å²) in [5.74, 6) is 0.0284. The second-order valence-electron chi connectivity index (χ2n) is 5.93. The number of fused-ring (bicyclic) bond motifs is 1. The minimum atomic E-state index is -0.292. The Labute approximate surface area is 149 Å². The Hall–Kier alpha value is -2.79. The van der Waals surface area contributed by atoms with Crippen molar-refractivity contribution in [3.05, 3.63) is 70.4 Å². The number of halogens is 1. The maximum Gasteiger partial charge on any atom is 0.273 e. The molecule has 0 saturated carbocycles. The zero-order valence-electron chi connectivity index (χ0n) is 13.5. The highest BCUT2D eigenvalue weighted by atomic mass is 35.5. The van der Waals surface area contributed by atoms with E-state index in [1.807, 2.05) is 31.2 Å². The van der Waals surface area contributed by atoms with Crippen LogP contribution in [0.1, 0.15) is 34.6 Å². The third-order valence-electron chi connectivity index (χ3n) is 4.53. The van der Waals surface area contributed by atoms with Crippen LogP contribution in [0.25, 0.3) is 11.3 Å². The Morgan fingerprint density at radius 2 is 2.04 bits per heavy atom. The van der Waals surface area contributed by atoms with Crippen LogP contribution in [0, 0.1) is 0 Å². The minimum absolute atomic E-state index is 0.100. The number of nitrogens with zero attached hydrogens (tertiary/aromatic N) is 2. The molecule has 1 aliphatic rings. The molecule has 0 bridgehead atoms. The molecule has 2 heterocycles. The Bertz CT molecular complexity index is 967. The third kappa shape index (κ3) is 2.39. The van der Waals surface area contributed by atoms with Crippen LogP contribution in [0.15, 0.2) is 48.5 Å². The van der Waals surface area contributed by atoms with Crippen molar-refractivity contribution < 1.29 is 9.90 Å². The predicted molar refractivity (Wildman–Crippen MR) is 95.7 cm³/mol. The minimum Gasteiger partial charge on any atom is -0.507 e. The van der Waals surface area contributed by atoms with Gasteiger partial charge in [0.1, 0.15) is 17.1 Å². The van der Waals surface area contributed by atoms with Crippen LogP contribution in [-0.2, 0) is 0 Å². The Kier molecular flexibility index (Phi) is 3.73. The molecular weight excluding hydrogens is 338 g/mol. The lowest BCUT2D eigenvalue weighted by atomic mass is 9.96. The molecule has 1 amide bonds. The van der Waals surface area contributed by atoms with E-state index in [1.165, 1.54) is 0 Å². The van der Waals surface area contributed by atoms with Crippen LogP contribution in [0.3, 0.4) is 0 Å². The number of amides is 1. The molecule has 1 aromatic heterocycles. The molecule has 1 aliphatic heterocycles. The molecule has 2 aromatic carbocycles. The number of phenolic OH excluding ortho intramolecular Hbond substituents is 1. The number of hydrogen-bond acceptors (Lipinski definition) is 3. The number of hydrogen-bond donors (Lipinski definition) is 2. The smallest absolute Gasteiger partial charge is 0.273 e. The van der Waals surface area contributed by atoms with E-state index in [9.17, 15) is 9.90 Å². The van der Waals surface area contributed by atoms with E-state index in [-0.39, 0.29) is 17.7 Å². The third-order valence-corrected chi connectivity index (χ3v) is 4.76. The normalized spacial score (nSPS) is 16.3. The van der Waals surface area contributed by atoms with E-state index in [1.54, 1.807) is 29.2 Å². The highest BCUT2D eigenvalue weighted by Crippen LogP contribution is 2.44. The summed E-state index contributed by atoms with van der Waals surface area (Å²) in [5, 5.41) is 18.0. The first kappa shape index (κ1) is 15.7. The van der Waals surface area contributed by atoms with Crippen molar-refractivity contribution in [2.24, 2.45) is 0 Å². The van der Waals surface area contributed by atoms with Gasteiger partial charge in [-0.05, 0) is 36.8 Å². The van der Waals surface area contributed by atoms with Gasteiger partial charge in [-0.1, -0.05) is 35.9 Å². The van der Waals surface area contributed by atoms with Crippen molar-refractivity contribution in [3.8, 4) is 17.0 Å². The summed E-state index contributed by atoms with van der Waals surface area (Å²) in [5.41, 5.74) is 3.33. The van der Waals surface area contributed by atoms with Gasteiger partial charge in [-0.3, -0.25) is 9.89 Å². The lowest BCUT2D eigenvalue weighted by Gasteiger charge is -2.25. The largest absolute Gasteiger partial charge is 0.507 e. The number of phenols is 1. The van der Waals surface area contributed by atoms with Gasteiger partial charge in [0.05, 0.1) is 6.04 Å². The van der Waals surface area contributed by atoms with Crippen molar-refractivity contribution in [2.75, 3.05) is 6.54 Å². The van der Waals surface area contributed by atoms with Gasteiger partial charge in [0.25, 0.3) is 5.91 Å². The highest BCUT2D eigenvalue weighted by Gasteiger charge is 2.41. The predicted octanol–water partition coefficient (Wildman–Crippen LogP) is 4.00. The number of nitrogens with one attached hydrogen (secondary N) is 1. The number of para-hydroxylation sites is 1. The number of carbonyl (C=O) groups is 1. The summed E-state index contributed by atoms with van der Waals surface area (Å²) in [6.07, 6.45) is 0. The highest BCUT2D eigenvalue weighted by molar-refractivity contribution is 6.30. The molecule has 126 valence electrons. The van der Waals surface area contributed by atoms with Crippen LogP contribution in [0.4, 0.5) is 0 Å². The van der Waals surface area contributed by atoms with E-state index < -0.39 is 0 Å². The van der Waals surface area contributed by atoms with Gasteiger partial charge in [0.2, 0.25) is 0 Å². The first-order valence-corrected chi connectivity index (χ1v) is 8.42. The molecular formula is C19H16ClN3O2. The monoisotopic (exact) mass is 353 g/mol. The van der Waals surface area contributed by atoms with E-state index in [2.05, 4.69) is 10.2 Å². The molecule has 0 unspecified atom stereocenters. The van der Waals surface area contributed by atoms with Crippen LogP contribution < -0.4 is 0 Å². The average molecular weight is 354 g/mol. The topological polar surface area (TPSA) is 69.2 Å². The van der Waals surface area contributed by atoms with Gasteiger partial charge < -0.3 is 10.0 Å². The summed E-state index contributed by atoms with van der Waals surface area (Å²) in [4.78, 5) is 14.6. The zero-order valence-corrected chi connectivity index (χ0v) is 14.3. The van der Waals surface area contributed by atoms with Crippen molar-refractivity contribution >= 4 is 17.5 Å². The number of aromatic amines is 1. The van der Waals surface area contributed by atoms with Gasteiger partial charge >= 0.3 is 0 Å². The van der Waals surface area contributed by atoms with Crippen LogP contribution >= 0.6 is 11.6 Å². The molecule has 0 radical (unpaired) electrons. The summed E-state index contributed by atoms with van der Waals surface area (Å²) in [6.45, 7) is 2.49. The lowest BCUT2D eigenvalue weighted by molar-refractivity contribution is 0.0754. The Morgan fingerprint density at radius 1 is 1.24 bits per heavy atom. The van der Waals surface area contributed by atoms with Crippen molar-refractivity contribution in [1.82, 2.24) is 15.1 Å². The van der Waals surface area contributed by atoms with Crippen molar-refractivity contribution in [3.63, 3.8) is 0 Å². The maximum atomic E-state index is 12.8. The maximum absolute atomic E-state index is 12.8. The zero-order chi connectivity index (χ0) is 17.6. The van der Waals surface area contributed by atoms with Crippen LogP contribution in [-0.4, -0.2) is 32.7 Å². The Balaban J connectivity index is 1.95. The fraction of sp³-hybridized carbons (Fsp3) is 0.158. The number of H-pyrrole nitrogens is 1. The molecule has 3 aromatic rings. The number of carbonyl (C=O) groups excluding carboxylic acids is 1. The van der Waals surface area contributed by atoms with Gasteiger partial charge in [-0.25, -0.2) is 0 Å². The number of aromatic hydroxyl groups is 1. The summed E-state index contributed by atoms with van der Waals surface area (Å²) >= 11 is 6.17. The standard InChI is InChI=1S/C19H16ClN3O2/c1-2-23-18(11-6-5-7-12(20)10-11)15-16(21-22-17(15)19(23)25)13-8-3-4-9-14(13)24/h3-10,18,24H,2H2,1H3,(H,21,22)/t18-/m1/s1. The van der Waals surface area contributed by atoms with E-state index in [4.69, 9.17) is 11.6 Å². The summed E-state index contributed by atoms with van der Waals surface area (Å²) < 4.78 is 0. The number of aromatic nitrogens is 2. The SMILES string of the molecule is CCN1C(=O)c2[nH]nc(-c3ccccc3O)c2[C@H]1c1cccc(Cl)c1. The van der Waals surface area contributed by atoms with E-state index in [0.717, 1.165) is 11.1 Å². The summed E-state index contributed by atoms with van der Waals surface area (Å²) in [7, 11) is 0. The van der Waals surface area contributed by atoms with E-state index in [0.29, 0.717) is 28.5 Å². The molecule has 0 fully saturated rings. The second kappa shape index (κ2) is 5.93. The van der Waals surface area contributed by atoms with Crippen LogP contribution in [0.5, 0.6) is 5.75 Å². The fourth-order valence-corrected chi connectivity index (χ4v) is 3.62. The first-order valence-electron chi connectivity index (χ1n) is 8.05. The van der Waals surface area contributed by atoms with Gasteiger partial charge in [0, 0.05) is 22.7 Å². The van der Waals surface area contributed by atoms with Gasteiger partial charge in [-0.2, -0.15) is 5.10 Å². The van der Waals surface area contributed by atoms with Gasteiger partial charge in [0.15, 0.2) is 0 Å². The van der Waals surface area contributed by atoms with Crippen molar-refractivity contribution in [2.45, 2.75) is 13.0 Å². The molecule has 4 rings (SSSR count). The Morgan fingerprint density at radius 3 is 2.76 bits per heavy atom. The number of rotatable bonds is 3. The molecule has 0 spiro atoms. The van der Waals surface area contributed by atoms with Gasteiger partial charge in [-0.15, -0.1) is 0 Å². The summed E-state index contributed by atoms with van der Waals surface area (Å²) in [6, 6.07) is 14.2. The number of benzene rings is 2. The molecule has 2 N–H and O–H groups in total. The van der Waals surface area contributed by atoms with E-state index >= 15 is 0 Å². The lowest BCUT2D eigenvalue weighted by Crippen LogP contribution is -2.29. The first-order chi connectivity index (χ1) is 12.1. The molecule has 5 nitrogen and oxygen atoms in total. The molecule has 0 saturated heterocycles. The molecule has 1 atom stereocenters. The average Bonchev–Trinajstić information content (AvgIpc) is 3.14.